The van der Waals surface area contributed by atoms with Crippen LogP contribution in [0.2, 0.25) is 0 Å². The number of aliphatic carboxylic acids is 1. The third-order valence-corrected chi connectivity index (χ3v) is 4.77. The number of rotatable bonds is 5. The number of hydrogen-bond donors (Lipinski definition) is 1. The smallest absolute Gasteiger partial charge is 0.319 e. The Labute approximate surface area is 90.5 Å². The van der Waals surface area contributed by atoms with Crippen LogP contribution in [0.25, 0.3) is 0 Å². The van der Waals surface area contributed by atoms with Gasteiger partial charge in [-0.1, -0.05) is 20.8 Å². The monoisotopic (exact) mass is 216 g/mol. The van der Waals surface area contributed by atoms with Crippen molar-refractivity contribution in [3.8, 4) is 0 Å². The second-order valence-corrected chi connectivity index (χ2v) is 6.04. The van der Waals surface area contributed by atoms with Crippen LogP contribution >= 0.6 is 11.8 Å². The quantitative estimate of drug-likeness (QED) is 0.767. The lowest BCUT2D eigenvalue weighted by atomic mass is 9.69. The molecule has 1 saturated carbocycles. The Hall–Kier alpha value is -0.180. The molecule has 3 heteroatoms. The summed E-state index contributed by atoms with van der Waals surface area (Å²) < 4.78 is -0.440. The van der Waals surface area contributed by atoms with Gasteiger partial charge in [-0.25, -0.2) is 0 Å². The minimum absolute atomic E-state index is 0.440. The molecule has 0 aromatic heterocycles. The maximum absolute atomic E-state index is 11.2. The first-order valence-electron chi connectivity index (χ1n) is 5.39. The van der Waals surface area contributed by atoms with Crippen molar-refractivity contribution in [1.29, 1.82) is 0 Å². The zero-order valence-electron chi connectivity index (χ0n) is 9.25. The van der Waals surface area contributed by atoms with Gasteiger partial charge in [-0.05, 0) is 36.9 Å². The summed E-state index contributed by atoms with van der Waals surface area (Å²) in [6.45, 7) is 6.46. The van der Waals surface area contributed by atoms with Crippen molar-refractivity contribution in [2.45, 2.75) is 44.8 Å². The molecule has 0 amide bonds. The highest BCUT2D eigenvalue weighted by atomic mass is 32.2. The van der Waals surface area contributed by atoms with Crippen LogP contribution in [0.3, 0.4) is 0 Å². The van der Waals surface area contributed by atoms with E-state index < -0.39 is 10.7 Å². The first-order chi connectivity index (χ1) is 6.52. The first kappa shape index (κ1) is 11.9. The number of carboxylic acids is 1. The van der Waals surface area contributed by atoms with Gasteiger partial charge in [0.15, 0.2) is 0 Å². The highest BCUT2D eigenvalue weighted by molar-refractivity contribution is 8.01. The molecule has 0 aromatic carbocycles. The lowest BCUT2D eigenvalue weighted by Gasteiger charge is -2.45. The van der Waals surface area contributed by atoms with Gasteiger partial charge in [0.2, 0.25) is 0 Å². The van der Waals surface area contributed by atoms with Crippen molar-refractivity contribution < 1.29 is 9.90 Å². The van der Waals surface area contributed by atoms with E-state index in [-0.39, 0.29) is 0 Å². The van der Waals surface area contributed by atoms with Gasteiger partial charge in [-0.3, -0.25) is 4.79 Å². The average molecular weight is 216 g/mol. The van der Waals surface area contributed by atoms with Gasteiger partial charge in [-0.15, -0.1) is 11.8 Å². The van der Waals surface area contributed by atoms with Crippen molar-refractivity contribution in [1.82, 2.24) is 0 Å². The van der Waals surface area contributed by atoms with E-state index in [1.165, 1.54) is 0 Å². The molecular formula is C11H20O2S. The average Bonchev–Trinajstić information content (AvgIpc) is 2.01. The van der Waals surface area contributed by atoms with E-state index in [1.807, 2.05) is 0 Å². The summed E-state index contributed by atoms with van der Waals surface area (Å²) in [5.74, 6) is 1.62. The zero-order chi connectivity index (χ0) is 10.8. The topological polar surface area (TPSA) is 37.3 Å². The van der Waals surface area contributed by atoms with E-state index in [2.05, 4.69) is 20.8 Å². The van der Waals surface area contributed by atoms with Gasteiger partial charge < -0.3 is 5.11 Å². The SMILES string of the molecule is CCCSC1(C(=O)O)CC(C(C)C)C1. The third-order valence-electron chi connectivity index (χ3n) is 3.10. The molecule has 0 aliphatic heterocycles. The van der Waals surface area contributed by atoms with Crippen LogP contribution in [-0.2, 0) is 4.79 Å². The van der Waals surface area contributed by atoms with Gasteiger partial charge in [0.1, 0.15) is 4.75 Å². The van der Waals surface area contributed by atoms with Gasteiger partial charge >= 0.3 is 5.97 Å². The summed E-state index contributed by atoms with van der Waals surface area (Å²) in [4.78, 5) is 11.2. The molecule has 0 radical (unpaired) electrons. The van der Waals surface area contributed by atoms with Crippen LogP contribution < -0.4 is 0 Å². The van der Waals surface area contributed by atoms with E-state index in [0.29, 0.717) is 11.8 Å². The minimum Gasteiger partial charge on any atom is -0.480 e. The summed E-state index contributed by atoms with van der Waals surface area (Å²) in [7, 11) is 0. The standard InChI is InChI=1S/C11H20O2S/c1-4-5-14-11(10(12)13)6-9(7-11)8(2)3/h8-9H,4-7H2,1-3H3,(H,12,13). The molecule has 0 saturated heterocycles. The minimum atomic E-state index is -0.604. The Bertz CT molecular complexity index is 207. The van der Waals surface area contributed by atoms with Crippen LogP contribution in [0.5, 0.6) is 0 Å². The third kappa shape index (κ3) is 2.25. The molecule has 0 aromatic rings. The Balaban J connectivity index is 2.49. The Morgan fingerprint density at radius 1 is 1.57 bits per heavy atom. The van der Waals surface area contributed by atoms with Crippen molar-refractivity contribution in [3.63, 3.8) is 0 Å². The van der Waals surface area contributed by atoms with Gasteiger partial charge in [-0.2, -0.15) is 0 Å². The zero-order valence-corrected chi connectivity index (χ0v) is 10.1. The fraction of sp³-hybridized carbons (Fsp3) is 0.909. The van der Waals surface area contributed by atoms with E-state index in [4.69, 9.17) is 0 Å². The molecule has 1 rings (SSSR count). The van der Waals surface area contributed by atoms with E-state index in [9.17, 15) is 9.90 Å². The summed E-state index contributed by atoms with van der Waals surface area (Å²) in [6.07, 6.45) is 2.79. The van der Waals surface area contributed by atoms with Crippen molar-refractivity contribution in [2.24, 2.45) is 11.8 Å². The molecule has 1 N–H and O–H groups in total. The van der Waals surface area contributed by atoms with Crippen molar-refractivity contribution in [2.75, 3.05) is 5.75 Å². The number of carbonyl (C=O) groups is 1. The van der Waals surface area contributed by atoms with Crippen LogP contribution in [-0.4, -0.2) is 21.6 Å². The van der Waals surface area contributed by atoms with Crippen molar-refractivity contribution in [3.05, 3.63) is 0 Å². The molecule has 1 aliphatic rings. The van der Waals surface area contributed by atoms with Gasteiger partial charge in [0, 0.05) is 0 Å². The fourth-order valence-corrected chi connectivity index (χ4v) is 3.29. The Morgan fingerprint density at radius 2 is 2.14 bits per heavy atom. The molecule has 2 nitrogen and oxygen atoms in total. The Kier molecular flexibility index (Phi) is 3.87. The highest BCUT2D eigenvalue weighted by Crippen LogP contribution is 2.51. The first-order valence-corrected chi connectivity index (χ1v) is 6.37. The lowest BCUT2D eigenvalue weighted by Crippen LogP contribution is -2.49. The normalized spacial score (nSPS) is 31.6. The maximum Gasteiger partial charge on any atom is 0.319 e. The predicted octanol–water partition coefficient (Wildman–Crippen LogP) is 3.02. The molecule has 82 valence electrons. The molecule has 0 unspecified atom stereocenters. The van der Waals surface area contributed by atoms with E-state index in [1.54, 1.807) is 11.8 Å². The number of carboxylic acid groups (broad SMARTS) is 1. The van der Waals surface area contributed by atoms with E-state index >= 15 is 0 Å². The molecule has 0 atom stereocenters. The molecular weight excluding hydrogens is 196 g/mol. The molecule has 0 heterocycles. The number of hydrogen-bond acceptors (Lipinski definition) is 2. The summed E-state index contributed by atoms with van der Waals surface area (Å²) in [6, 6.07) is 0. The maximum atomic E-state index is 11.2. The fourth-order valence-electron chi connectivity index (χ4n) is 1.91. The second kappa shape index (κ2) is 4.56. The van der Waals surface area contributed by atoms with E-state index in [0.717, 1.165) is 25.0 Å². The number of thioether (sulfide) groups is 1. The van der Waals surface area contributed by atoms with Gasteiger partial charge in [0.25, 0.3) is 0 Å². The highest BCUT2D eigenvalue weighted by Gasteiger charge is 2.51. The predicted molar refractivity (Wildman–Crippen MR) is 60.7 cm³/mol. The summed E-state index contributed by atoms with van der Waals surface area (Å²) >= 11 is 1.64. The molecule has 14 heavy (non-hydrogen) atoms. The van der Waals surface area contributed by atoms with Crippen LogP contribution in [0.4, 0.5) is 0 Å². The Morgan fingerprint density at radius 3 is 2.50 bits per heavy atom. The molecule has 1 aliphatic carbocycles. The van der Waals surface area contributed by atoms with Crippen LogP contribution in [0.1, 0.15) is 40.0 Å². The van der Waals surface area contributed by atoms with Crippen LogP contribution in [0.15, 0.2) is 0 Å². The largest absolute Gasteiger partial charge is 0.480 e. The van der Waals surface area contributed by atoms with Crippen molar-refractivity contribution >= 4 is 17.7 Å². The molecule has 0 bridgehead atoms. The lowest BCUT2D eigenvalue weighted by molar-refractivity contribution is -0.144. The van der Waals surface area contributed by atoms with Crippen LogP contribution in [0, 0.1) is 11.8 Å². The van der Waals surface area contributed by atoms with Gasteiger partial charge in [0.05, 0.1) is 0 Å². The second-order valence-electron chi connectivity index (χ2n) is 4.56. The molecule has 0 spiro atoms. The summed E-state index contributed by atoms with van der Waals surface area (Å²) in [5, 5.41) is 9.19. The summed E-state index contributed by atoms with van der Waals surface area (Å²) in [5.41, 5.74) is 0. The molecule has 1 fully saturated rings.